The van der Waals surface area contributed by atoms with Gasteiger partial charge in [-0.25, -0.2) is 0 Å². The zero-order valence-corrected chi connectivity index (χ0v) is 19.8. The molecule has 1 aromatic rings. The number of thioether (sulfide) groups is 1. The summed E-state index contributed by atoms with van der Waals surface area (Å²) < 4.78 is 0.233. The number of carbonyl (C=O) groups is 2. The number of hydrogen-bond acceptors (Lipinski definition) is 6. The molecule has 8 heteroatoms. The largest absolute Gasteiger partial charge is 0.393 e. The number of nitrogens with one attached hydrogen (secondary N) is 2. The van der Waals surface area contributed by atoms with Gasteiger partial charge in [-0.3, -0.25) is 4.79 Å². The molecule has 3 N–H and O–H groups in total. The monoisotopic (exact) mass is 465 g/mol. The summed E-state index contributed by atoms with van der Waals surface area (Å²) in [7, 11) is 4.18. The highest BCUT2D eigenvalue weighted by Crippen LogP contribution is 2.30. The second-order valence-electron chi connectivity index (χ2n) is 8.04. The minimum Gasteiger partial charge on any atom is -0.393 e. The third kappa shape index (κ3) is 7.68. The average Bonchev–Trinajstić information content (AvgIpc) is 3.00. The molecule has 1 aliphatic carbocycles. The SMILES string of the molecule is C=C(Cl)SC(=C)C(=O)NC1(C=O)CCC(O)C1.CNc1ccc2c(c1)CCN(C)CC2. The van der Waals surface area contributed by atoms with Crippen LogP contribution in [0.3, 0.4) is 0 Å². The van der Waals surface area contributed by atoms with E-state index in [-0.39, 0.29) is 15.7 Å². The van der Waals surface area contributed by atoms with Crippen molar-refractivity contribution in [1.82, 2.24) is 10.2 Å². The fourth-order valence-corrected chi connectivity index (χ4v) is 4.46. The molecule has 1 aliphatic heterocycles. The van der Waals surface area contributed by atoms with Crippen molar-refractivity contribution in [3.05, 3.63) is 51.8 Å². The average molecular weight is 466 g/mol. The van der Waals surface area contributed by atoms with Gasteiger partial charge < -0.3 is 25.4 Å². The van der Waals surface area contributed by atoms with E-state index in [9.17, 15) is 14.7 Å². The molecule has 2 unspecified atom stereocenters. The van der Waals surface area contributed by atoms with Gasteiger partial charge >= 0.3 is 0 Å². The number of benzene rings is 1. The number of aldehydes is 1. The molecule has 1 fully saturated rings. The molecule has 3 rings (SSSR count). The quantitative estimate of drug-likeness (QED) is 0.441. The summed E-state index contributed by atoms with van der Waals surface area (Å²) in [6.07, 6.45) is 3.67. The Hall–Kier alpha value is -1.80. The Kier molecular flexibility index (Phi) is 9.62. The fraction of sp³-hybridized carbons (Fsp3) is 0.478. The van der Waals surface area contributed by atoms with Crippen molar-refractivity contribution in [3.8, 4) is 0 Å². The fourth-order valence-electron chi connectivity index (χ4n) is 3.77. The maximum atomic E-state index is 11.7. The molecule has 0 aromatic heterocycles. The molecule has 1 saturated carbocycles. The topological polar surface area (TPSA) is 81.7 Å². The normalized spacial score (nSPS) is 22.9. The third-order valence-electron chi connectivity index (χ3n) is 5.62. The Morgan fingerprint density at radius 3 is 2.55 bits per heavy atom. The summed E-state index contributed by atoms with van der Waals surface area (Å²) in [5.74, 6) is -0.460. The molecule has 2 aliphatic rings. The van der Waals surface area contributed by atoms with Crippen molar-refractivity contribution in [2.75, 3.05) is 32.5 Å². The van der Waals surface area contributed by atoms with Crippen LogP contribution in [0.25, 0.3) is 0 Å². The predicted octanol–water partition coefficient (Wildman–Crippen LogP) is 3.30. The van der Waals surface area contributed by atoms with Crippen molar-refractivity contribution >= 4 is 41.2 Å². The van der Waals surface area contributed by atoms with Gasteiger partial charge in [0.2, 0.25) is 0 Å². The lowest BCUT2D eigenvalue weighted by Gasteiger charge is -2.24. The van der Waals surface area contributed by atoms with Crippen LogP contribution in [-0.2, 0) is 22.4 Å². The molecule has 0 saturated heterocycles. The first-order chi connectivity index (χ1) is 14.7. The molecule has 0 bridgehead atoms. The molecule has 0 radical (unpaired) electrons. The summed E-state index contributed by atoms with van der Waals surface area (Å²) in [6.45, 7) is 9.35. The minimum absolute atomic E-state index is 0.174. The lowest BCUT2D eigenvalue weighted by Crippen LogP contribution is -2.48. The number of anilines is 1. The Bertz CT molecular complexity index is 832. The van der Waals surface area contributed by atoms with E-state index in [1.807, 2.05) is 7.05 Å². The van der Waals surface area contributed by atoms with Crippen LogP contribution in [0.2, 0.25) is 0 Å². The zero-order valence-electron chi connectivity index (χ0n) is 18.2. The Labute approximate surface area is 194 Å². The zero-order chi connectivity index (χ0) is 23.0. The number of aliphatic hydroxyl groups is 1. The van der Waals surface area contributed by atoms with Crippen molar-refractivity contribution in [2.24, 2.45) is 0 Å². The number of hydrogen-bond donors (Lipinski definition) is 3. The lowest BCUT2D eigenvalue weighted by molar-refractivity contribution is -0.123. The van der Waals surface area contributed by atoms with E-state index < -0.39 is 17.6 Å². The van der Waals surface area contributed by atoms with Crippen LogP contribution in [0, 0.1) is 0 Å². The van der Waals surface area contributed by atoms with Gasteiger partial charge in [0.1, 0.15) is 6.29 Å². The molecule has 1 aromatic carbocycles. The maximum absolute atomic E-state index is 11.7. The van der Waals surface area contributed by atoms with Crippen LogP contribution < -0.4 is 10.6 Å². The molecule has 1 heterocycles. The Morgan fingerprint density at radius 2 is 2.00 bits per heavy atom. The highest BCUT2D eigenvalue weighted by Gasteiger charge is 2.40. The van der Waals surface area contributed by atoms with Gasteiger partial charge in [-0.1, -0.05) is 42.6 Å². The van der Waals surface area contributed by atoms with Crippen molar-refractivity contribution in [2.45, 2.75) is 43.7 Å². The highest BCUT2D eigenvalue weighted by molar-refractivity contribution is 8.08. The van der Waals surface area contributed by atoms with Crippen LogP contribution in [0.1, 0.15) is 30.4 Å². The second kappa shape index (κ2) is 11.7. The number of likely N-dealkylation sites (N-methyl/N-ethyl adjacent to an activating group) is 1. The number of nitrogens with zero attached hydrogens (tertiary/aromatic N) is 1. The van der Waals surface area contributed by atoms with Gasteiger partial charge in [-0.05, 0) is 56.0 Å². The van der Waals surface area contributed by atoms with E-state index in [1.54, 1.807) is 0 Å². The Balaban J connectivity index is 0.000000224. The van der Waals surface area contributed by atoms with Gasteiger partial charge in [-0.2, -0.15) is 0 Å². The van der Waals surface area contributed by atoms with Gasteiger partial charge in [0, 0.05) is 32.2 Å². The number of aliphatic hydroxyl groups excluding tert-OH is 1. The minimum atomic E-state index is -0.979. The molecule has 1 amide bonds. The number of carbonyl (C=O) groups excluding carboxylic acids is 2. The molecule has 2 atom stereocenters. The molecular weight excluding hydrogens is 434 g/mol. The van der Waals surface area contributed by atoms with Crippen molar-refractivity contribution < 1.29 is 14.7 Å². The van der Waals surface area contributed by atoms with E-state index in [4.69, 9.17) is 11.6 Å². The van der Waals surface area contributed by atoms with Gasteiger partial charge in [0.25, 0.3) is 5.91 Å². The summed E-state index contributed by atoms with van der Waals surface area (Å²) in [5, 5.41) is 15.2. The van der Waals surface area contributed by atoms with Crippen LogP contribution in [0.4, 0.5) is 5.69 Å². The summed E-state index contributed by atoms with van der Waals surface area (Å²) in [5.41, 5.74) is 3.29. The molecule has 0 spiro atoms. The second-order valence-corrected chi connectivity index (χ2v) is 9.91. The van der Waals surface area contributed by atoms with Gasteiger partial charge in [0.15, 0.2) is 0 Å². The highest BCUT2D eigenvalue weighted by atomic mass is 35.5. The number of halogens is 1. The van der Waals surface area contributed by atoms with Gasteiger partial charge in [-0.15, -0.1) is 0 Å². The molecule has 170 valence electrons. The first-order valence-electron chi connectivity index (χ1n) is 10.3. The van der Waals surface area contributed by atoms with Crippen molar-refractivity contribution in [3.63, 3.8) is 0 Å². The van der Waals surface area contributed by atoms with Crippen LogP contribution >= 0.6 is 23.4 Å². The standard InChI is InChI=1S/C12H18N2.C11H14ClNO3S/c1-13-12-4-3-10-5-7-14(2)8-6-11(10)9-12;1-7(17-8(2)12)10(16)13-11(6-14)4-3-9(15)5-11/h3-4,9,13H,5-8H2,1-2H3;6,9,15H,1-5H2,(H,13,16). The summed E-state index contributed by atoms with van der Waals surface area (Å²) in [4.78, 5) is 25.4. The number of rotatable bonds is 6. The first kappa shape index (κ1) is 25.5. The van der Waals surface area contributed by atoms with E-state index >= 15 is 0 Å². The van der Waals surface area contributed by atoms with E-state index in [1.165, 1.54) is 42.7 Å². The van der Waals surface area contributed by atoms with Crippen LogP contribution in [-0.4, -0.2) is 61.0 Å². The van der Waals surface area contributed by atoms with E-state index in [0.29, 0.717) is 19.1 Å². The summed E-state index contributed by atoms with van der Waals surface area (Å²) >= 11 is 6.49. The van der Waals surface area contributed by atoms with Gasteiger partial charge in [0.05, 0.1) is 20.9 Å². The van der Waals surface area contributed by atoms with Crippen LogP contribution in [0.5, 0.6) is 0 Å². The Morgan fingerprint density at radius 1 is 1.32 bits per heavy atom. The predicted molar refractivity (Wildman–Crippen MR) is 129 cm³/mol. The number of fused-ring (bicyclic) bond motifs is 1. The summed E-state index contributed by atoms with van der Waals surface area (Å²) in [6, 6.07) is 6.72. The number of amides is 1. The molecule has 31 heavy (non-hydrogen) atoms. The molecular formula is C23H32ClN3O3S. The van der Waals surface area contributed by atoms with Crippen LogP contribution in [0.15, 0.2) is 40.6 Å². The molecule has 6 nitrogen and oxygen atoms in total. The first-order valence-corrected chi connectivity index (χ1v) is 11.5. The third-order valence-corrected chi connectivity index (χ3v) is 6.50. The van der Waals surface area contributed by atoms with E-state index in [0.717, 1.165) is 11.8 Å². The maximum Gasteiger partial charge on any atom is 0.258 e. The lowest BCUT2D eigenvalue weighted by atomic mass is 10.00. The smallest absolute Gasteiger partial charge is 0.258 e. The van der Waals surface area contributed by atoms with Crippen molar-refractivity contribution in [1.29, 1.82) is 0 Å². The van der Waals surface area contributed by atoms with E-state index in [2.05, 4.69) is 53.9 Å².